The zero-order valence-electron chi connectivity index (χ0n) is 11.3. The summed E-state index contributed by atoms with van der Waals surface area (Å²) in [5, 5.41) is 6.90. The first-order valence-electron chi connectivity index (χ1n) is 6.59. The zero-order valence-corrected chi connectivity index (χ0v) is 13.7. The minimum atomic E-state index is 0.305. The van der Waals surface area contributed by atoms with Crippen molar-refractivity contribution in [1.29, 1.82) is 0 Å². The molecule has 1 unspecified atom stereocenters. The van der Waals surface area contributed by atoms with Crippen LogP contribution in [-0.2, 0) is 6.42 Å². The van der Waals surface area contributed by atoms with Crippen molar-refractivity contribution in [3.8, 4) is 0 Å². The Hall–Kier alpha value is -0.710. The van der Waals surface area contributed by atoms with Crippen molar-refractivity contribution in [2.75, 3.05) is 6.54 Å². The van der Waals surface area contributed by atoms with Gasteiger partial charge in [0.2, 0.25) is 0 Å². The Morgan fingerprint density at radius 3 is 2.89 bits per heavy atom. The summed E-state index contributed by atoms with van der Waals surface area (Å²) in [4.78, 5) is 4.63. The molecular formula is C15H19BrN2S. The second-order valence-corrected chi connectivity index (χ2v) is 6.61. The third kappa shape index (κ3) is 4.41. The van der Waals surface area contributed by atoms with Crippen LogP contribution in [0.15, 0.2) is 34.1 Å². The third-order valence-electron chi connectivity index (χ3n) is 2.96. The number of aromatic nitrogens is 1. The molecule has 0 saturated carbocycles. The lowest BCUT2D eigenvalue weighted by Crippen LogP contribution is -2.24. The molecule has 0 aliphatic carbocycles. The van der Waals surface area contributed by atoms with Gasteiger partial charge in [0.25, 0.3) is 0 Å². The molecule has 2 nitrogen and oxygen atoms in total. The van der Waals surface area contributed by atoms with Crippen molar-refractivity contribution in [1.82, 2.24) is 10.3 Å². The molecule has 0 spiro atoms. The fraction of sp³-hybridized carbons (Fsp3) is 0.400. The number of hydrogen-bond donors (Lipinski definition) is 1. The summed E-state index contributed by atoms with van der Waals surface area (Å²) >= 11 is 5.25. The van der Waals surface area contributed by atoms with Crippen LogP contribution in [0.3, 0.4) is 0 Å². The largest absolute Gasteiger partial charge is 0.308 e. The predicted octanol–water partition coefficient (Wildman–Crippen LogP) is 4.50. The molecule has 0 fully saturated rings. The topological polar surface area (TPSA) is 24.9 Å². The number of benzene rings is 1. The van der Waals surface area contributed by atoms with Gasteiger partial charge in [-0.05, 0) is 44.0 Å². The van der Waals surface area contributed by atoms with Crippen molar-refractivity contribution >= 4 is 27.3 Å². The normalized spacial score (nSPS) is 12.6. The summed E-state index contributed by atoms with van der Waals surface area (Å²) in [6, 6.07) is 8.80. The summed E-state index contributed by atoms with van der Waals surface area (Å²) in [5.74, 6) is 0. The van der Waals surface area contributed by atoms with Crippen LogP contribution in [0, 0.1) is 6.92 Å². The summed E-state index contributed by atoms with van der Waals surface area (Å²) in [5.41, 5.74) is 2.49. The molecule has 0 bridgehead atoms. The van der Waals surface area contributed by atoms with Crippen molar-refractivity contribution in [2.45, 2.75) is 32.7 Å². The predicted molar refractivity (Wildman–Crippen MR) is 85.7 cm³/mol. The molecule has 2 rings (SSSR count). The van der Waals surface area contributed by atoms with E-state index >= 15 is 0 Å². The average molecular weight is 339 g/mol. The van der Waals surface area contributed by atoms with Gasteiger partial charge in [0.05, 0.1) is 16.7 Å². The van der Waals surface area contributed by atoms with Gasteiger partial charge in [0, 0.05) is 9.85 Å². The molecule has 1 N–H and O–H groups in total. The van der Waals surface area contributed by atoms with Crippen LogP contribution in [0.5, 0.6) is 0 Å². The van der Waals surface area contributed by atoms with Gasteiger partial charge in [-0.15, -0.1) is 11.3 Å². The molecule has 1 heterocycles. The Bertz CT molecular complexity index is 524. The first kappa shape index (κ1) is 14.7. The number of hydrogen-bond acceptors (Lipinski definition) is 3. The van der Waals surface area contributed by atoms with Gasteiger partial charge in [0.1, 0.15) is 0 Å². The number of aryl methyl sites for hydroxylation is 1. The van der Waals surface area contributed by atoms with Crippen LogP contribution in [0.1, 0.15) is 35.7 Å². The highest BCUT2D eigenvalue weighted by Gasteiger charge is 2.14. The van der Waals surface area contributed by atoms with E-state index in [0.29, 0.717) is 6.04 Å². The van der Waals surface area contributed by atoms with E-state index in [4.69, 9.17) is 0 Å². The second kappa shape index (κ2) is 7.17. The third-order valence-corrected chi connectivity index (χ3v) is 4.25. The lowest BCUT2D eigenvalue weighted by molar-refractivity contribution is 0.519. The Morgan fingerprint density at radius 1 is 1.42 bits per heavy atom. The van der Waals surface area contributed by atoms with Crippen molar-refractivity contribution in [2.24, 2.45) is 0 Å². The number of nitrogens with one attached hydrogen (secondary N) is 1. The number of nitrogens with zero attached hydrogens (tertiary/aromatic N) is 1. The van der Waals surface area contributed by atoms with Gasteiger partial charge in [-0.1, -0.05) is 35.0 Å². The first-order valence-corrected chi connectivity index (χ1v) is 8.26. The molecule has 0 radical (unpaired) electrons. The van der Waals surface area contributed by atoms with E-state index < -0.39 is 0 Å². The highest BCUT2D eigenvalue weighted by Crippen LogP contribution is 2.22. The molecule has 0 saturated heterocycles. The maximum Gasteiger partial charge on any atom is 0.0898 e. The zero-order chi connectivity index (χ0) is 13.7. The Labute approximate surface area is 127 Å². The van der Waals surface area contributed by atoms with Gasteiger partial charge in [0.15, 0.2) is 0 Å². The first-order chi connectivity index (χ1) is 9.19. The molecule has 1 aromatic heterocycles. The lowest BCUT2D eigenvalue weighted by atomic mass is 10.0. The summed E-state index contributed by atoms with van der Waals surface area (Å²) in [6.45, 7) is 5.27. The number of halogens is 1. The monoisotopic (exact) mass is 338 g/mol. The Morgan fingerprint density at radius 2 is 2.26 bits per heavy atom. The molecule has 0 aliphatic heterocycles. The van der Waals surface area contributed by atoms with Gasteiger partial charge >= 0.3 is 0 Å². The van der Waals surface area contributed by atoms with E-state index in [1.165, 1.54) is 5.56 Å². The van der Waals surface area contributed by atoms with Gasteiger partial charge in [-0.25, -0.2) is 4.98 Å². The van der Waals surface area contributed by atoms with E-state index in [-0.39, 0.29) is 0 Å². The SMILES string of the molecule is CCCNC(Cc1cccc(Br)c1)c1csc(C)n1. The van der Waals surface area contributed by atoms with Crippen LogP contribution < -0.4 is 5.32 Å². The molecule has 1 aromatic carbocycles. The number of thiazole rings is 1. The fourth-order valence-corrected chi connectivity index (χ4v) is 3.15. The van der Waals surface area contributed by atoms with Crippen molar-refractivity contribution in [3.05, 3.63) is 50.4 Å². The van der Waals surface area contributed by atoms with Gasteiger partial charge < -0.3 is 5.32 Å². The van der Waals surface area contributed by atoms with Gasteiger partial charge in [-0.2, -0.15) is 0 Å². The minimum Gasteiger partial charge on any atom is -0.308 e. The Kier molecular flexibility index (Phi) is 5.55. The molecule has 4 heteroatoms. The van der Waals surface area contributed by atoms with E-state index in [0.717, 1.165) is 34.6 Å². The molecule has 19 heavy (non-hydrogen) atoms. The highest BCUT2D eigenvalue weighted by molar-refractivity contribution is 9.10. The van der Waals surface area contributed by atoms with Crippen molar-refractivity contribution < 1.29 is 0 Å². The van der Waals surface area contributed by atoms with Crippen LogP contribution in [-0.4, -0.2) is 11.5 Å². The smallest absolute Gasteiger partial charge is 0.0898 e. The molecule has 1 atom stereocenters. The summed E-state index contributed by atoms with van der Waals surface area (Å²) in [6.07, 6.45) is 2.11. The maximum atomic E-state index is 4.63. The van der Waals surface area contributed by atoms with E-state index in [2.05, 4.69) is 69.7 Å². The summed E-state index contributed by atoms with van der Waals surface area (Å²) in [7, 11) is 0. The van der Waals surface area contributed by atoms with Gasteiger partial charge in [-0.3, -0.25) is 0 Å². The van der Waals surface area contributed by atoms with Crippen LogP contribution >= 0.6 is 27.3 Å². The molecular weight excluding hydrogens is 320 g/mol. The van der Waals surface area contributed by atoms with E-state index in [9.17, 15) is 0 Å². The van der Waals surface area contributed by atoms with Crippen molar-refractivity contribution in [3.63, 3.8) is 0 Å². The minimum absolute atomic E-state index is 0.305. The second-order valence-electron chi connectivity index (χ2n) is 4.63. The average Bonchev–Trinajstić information content (AvgIpc) is 2.81. The molecule has 2 aromatic rings. The maximum absolute atomic E-state index is 4.63. The van der Waals surface area contributed by atoms with Crippen LogP contribution in [0.25, 0.3) is 0 Å². The molecule has 102 valence electrons. The lowest BCUT2D eigenvalue weighted by Gasteiger charge is -2.16. The standard InChI is InChI=1S/C15H19BrN2S/c1-3-7-17-14(15-10-19-11(2)18-15)9-12-5-4-6-13(16)8-12/h4-6,8,10,14,17H,3,7,9H2,1-2H3. The van der Waals surface area contributed by atoms with Crippen LogP contribution in [0.4, 0.5) is 0 Å². The Balaban J connectivity index is 2.13. The van der Waals surface area contributed by atoms with Crippen LogP contribution in [0.2, 0.25) is 0 Å². The van der Waals surface area contributed by atoms with E-state index in [1.807, 2.05) is 0 Å². The van der Waals surface area contributed by atoms with E-state index in [1.54, 1.807) is 11.3 Å². The fourth-order valence-electron chi connectivity index (χ4n) is 2.04. The quantitative estimate of drug-likeness (QED) is 0.838. The summed E-state index contributed by atoms with van der Waals surface area (Å²) < 4.78 is 1.13. The molecule has 0 aliphatic rings. The number of rotatable bonds is 6. The highest BCUT2D eigenvalue weighted by atomic mass is 79.9. The molecule has 0 amide bonds.